The second kappa shape index (κ2) is 8.70. The number of carbonyl (C=O) groups excluding carboxylic acids is 2. The second-order valence-electron chi connectivity index (χ2n) is 5.92. The van der Waals surface area contributed by atoms with E-state index < -0.39 is 11.8 Å². The van der Waals surface area contributed by atoms with E-state index in [-0.39, 0.29) is 11.4 Å². The van der Waals surface area contributed by atoms with Crippen molar-refractivity contribution in [3.05, 3.63) is 64.4 Å². The summed E-state index contributed by atoms with van der Waals surface area (Å²) in [6.45, 7) is 1.69. The summed E-state index contributed by atoms with van der Waals surface area (Å²) in [6.07, 6.45) is 0. The molecule has 0 aliphatic heterocycles. The van der Waals surface area contributed by atoms with Crippen molar-refractivity contribution in [3.8, 4) is 22.1 Å². The summed E-state index contributed by atoms with van der Waals surface area (Å²) in [5.74, 6) is -0.476. The summed E-state index contributed by atoms with van der Waals surface area (Å²) in [7, 11) is 2.96. The van der Waals surface area contributed by atoms with Crippen LogP contribution in [0, 0.1) is 12.7 Å². The number of hydrogen-bond donors (Lipinski definition) is 2. The molecule has 29 heavy (non-hydrogen) atoms. The highest BCUT2D eigenvalue weighted by atomic mass is 32.1. The summed E-state index contributed by atoms with van der Waals surface area (Å²) in [6, 6.07) is 10.5. The molecule has 2 amide bonds. The minimum absolute atomic E-state index is 0.288. The van der Waals surface area contributed by atoms with Gasteiger partial charge in [-0.2, -0.15) is 0 Å². The third-order valence-corrected chi connectivity index (χ3v) is 5.23. The Hall–Kier alpha value is -3.46. The van der Waals surface area contributed by atoms with E-state index in [1.807, 2.05) is 0 Å². The van der Waals surface area contributed by atoms with E-state index in [9.17, 15) is 14.0 Å². The minimum atomic E-state index is -0.514. The van der Waals surface area contributed by atoms with Crippen LogP contribution in [0.5, 0.6) is 11.5 Å². The molecule has 0 radical (unpaired) electrons. The van der Waals surface area contributed by atoms with E-state index >= 15 is 0 Å². The van der Waals surface area contributed by atoms with Gasteiger partial charge >= 0.3 is 0 Å². The molecule has 0 aliphatic carbocycles. The Morgan fingerprint density at radius 2 is 1.62 bits per heavy atom. The molecular weight excluding hydrogens is 397 g/mol. The van der Waals surface area contributed by atoms with Crippen molar-refractivity contribution in [2.24, 2.45) is 0 Å². The van der Waals surface area contributed by atoms with Crippen LogP contribution in [0.2, 0.25) is 0 Å². The molecule has 1 aromatic heterocycles. The van der Waals surface area contributed by atoms with Crippen LogP contribution >= 0.6 is 11.3 Å². The number of thiazole rings is 1. The fourth-order valence-electron chi connectivity index (χ4n) is 2.54. The van der Waals surface area contributed by atoms with E-state index in [0.717, 1.165) is 11.3 Å². The molecule has 1 heterocycles. The number of hydrazine groups is 1. The van der Waals surface area contributed by atoms with Gasteiger partial charge in [0.05, 0.1) is 19.9 Å². The largest absolute Gasteiger partial charge is 0.493 e. The lowest BCUT2D eigenvalue weighted by Gasteiger charge is -2.10. The monoisotopic (exact) mass is 415 g/mol. The van der Waals surface area contributed by atoms with E-state index in [2.05, 4.69) is 15.8 Å². The maximum atomic E-state index is 13.1. The Morgan fingerprint density at radius 3 is 2.28 bits per heavy atom. The number of halogens is 1. The fourth-order valence-corrected chi connectivity index (χ4v) is 3.51. The molecule has 0 saturated carbocycles. The Bertz CT molecular complexity index is 1050. The van der Waals surface area contributed by atoms with Gasteiger partial charge in [-0.25, -0.2) is 9.37 Å². The highest BCUT2D eigenvalue weighted by molar-refractivity contribution is 7.17. The van der Waals surface area contributed by atoms with Crippen LogP contribution in [-0.2, 0) is 0 Å². The fraction of sp³-hybridized carbons (Fsp3) is 0.150. The molecule has 7 nitrogen and oxygen atoms in total. The molecule has 0 fully saturated rings. The average Bonchev–Trinajstić information content (AvgIpc) is 3.13. The lowest BCUT2D eigenvalue weighted by atomic mass is 10.2. The number of nitrogens with zero attached hydrogens (tertiary/aromatic N) is 1. The number of benzene rings is 2. The minimum Gasteiger partial charge on any atom is -0.493 e. The highest BCUT2D eigenvalue weighted by Crippen LogP contribution is 2.28. The number of methoxy groups -OCH3 is 2. The second-order valence-corrected chi connectivity index (χ2v) is 6.92. The number of carbonyl (C=O) groups is 2. The van der Waals surface area contributed by atoms with E-state index in [1.165, 1.54) is 32.4 Å². The average molecular weight is 415 g/mol. The molecule has 3 aromatic rings. The molecule has 9 heteroatoms. The highest BCUT2D eigenvalue weighted by Gasteiger charge is 2.18. The Morgan fingerprint density at radius 1 is 0.966 bits per heavy atom. The topological polar surface area (TPSA) is 89.6 Å². The Kier molecular flexibility index (Phi) is 6.08. The van der Waals surface area contributed by atoms with Gasteiger partial charge in [0.25, 0.3) is 11.8 Å². The standard InChI is InChI=1S/C20H18FN3O4S/c1-11-17(29-20(22-11)12-4-7-14(21)8-5-12)19(26)24-23-18(25)13-6-9-15(27-2)16(10-13)28-3/h4-10H,1-3H3,(H,23,25)(H,24,26). The van der Waals surface area contributed by atoms with Gasteiger partial charge in [-0.15, -0.1) is 11.3 Å². The van der Waals surface area contributed by atoms with Gasteiger partial charge in [0.15, 0.2) is 11.5 Å². The van der Waals surface area contributed by atoms with E-state index in [1.54, 1.807) is 31.2 Å². The van der Waals surface area contributed by atoms with Crippen LogP contribution in [0.15, 0.2) is 42.5 Å². The number of rotatable bonds is 5. The van der Waals surface area contributed by atoms with Crippen LogP contribution in [0.3, 0.4) is 0 Å². The number of ether oxygens (including phenoxy) is 2. The van der Waals surface area contributed by atoms with Gasteiger partial charge in [0.1, 0.15) is 15.7 Å². The van der Waals surface area contributed by atoms with Crippen molar-refractivity contribution in [1.82, 2.24) is 15.8 Å². The molecule has 2 N–H and O–H groups in total. The van der Waals surface area contributed by atoms with Crippen LogP contribution in [-0.4, -0.2) is 31.0 Å². The van der Waals surface area contributed by atoms with Crippen molar-refractivity contribution >= 4 is 23.2 Å². The van der Waals surface area contributed by atoms with E-state index in [0.29, 0.717) is 32.6 Å². The van der Waals surface area contributed by atoms with Gasteiger partial charge in [0, 0.05) is 11.1 Å². The lowest BCUT2D eigenvalue weighted by molar-refractivity contribution is 0.0848. The van der Waals surface area contributed by atoms with E-state index in [4.69, 9.17) is 9.47 Å². The maximum Gasteiger partial charge on any atom is 0.281 e. The molecule has 3 rings (SSSR count). The first-order valence-electron chi connectivity index (χ1n) is 8.49. The summed E-state index contributed by atoms with van der Waals surface area (Å²) in [4.78, 5) is 29.5. The zero-order valence-electron chi connectivity index (χ0n) is 15.9. The molecule has 0 saturated heterocycles. The summed E-state index contributed by atoms with van der Waals surface area (Å²) < 4.78 is 23.4. The zero-order chi connectivity index (χ0) is 21.0. The third kappa shape index (κ3) is 4.52. The van der Waals surface area contributed by atoms with Crippen molar-refractivity contribution < 1.29 is 23.5 Å². The first-order valence-corrected chi connectivity index (χ1v) is 9.30. The predicted molar refractivity (Wildman–Crippen MR) is 107 cm³/mol. The molecule has 0 spiro atoms. The Balaban J connectivity index is 1.69. The van der Waals surface area contributed by atoms with Gasteiger partial charge in [-0.05, 0) is 49.4 Å². The normalized spacial score (nSPS) is 10.3. The van der Waals surface area contributed by atoms with Crippen LogP contribution in [0.1, 0.15) is 25.7 Å². The number of amides is 2. The molecule has 0 atom stereocenters. The van der Waals surface area contributed by atoms with Crippen LogP contribution < -0.4 is 20.3 Å². The summed E-state index contributed by atoms with van der Waals surface area (Å²) in [5.41, 5.74) is 6.24. The van der Waals surface area contributed by atoms with Crippen LogP contribution in [0.4, 0.5) is 4.39 Å². The number of hydrogen-bond acceptors (Lipinski definition) is 6. The molecule has 0 bridgehead atoms. The first kappa shape index (κ1) is 20.3. The van der Waals surface area contributed by atoms with Gasteiger partial charge in [-0.1, -0.05) is 0 Å². The molecule has 0 unspecified atom stereocenters. The smallest absolute Gasteiger partial charge is 0.281 e. The van der Waals surface area contributed by atoms with Gasteiger partial charge in [-0.3, -0.25) is 20.4 Å². The van der Waals surface area contributed by atoms with Crippen molar-refractivity contribution in [1.29, 1.82) is 0 Å². The SMILES string of the molecule is COc1ccc(C(=O)NNC(=O)c2sc(-c3ccc(F)cc3)nc2C)cc1OC. The van der Waals surface area contributed by atoms with Crippen molar-refractivity contribution in [3.63, 3.8) is 0 Å². The lowest BCUT2D eigenvalue weighted by Crippen LogP contribution is -2.41. The molecular formula is C20H18FN3O4S. The van der Waals surface area contributed by atoms with Crippen molar-refractivity contribution in [2.45, 2.75) is 6.92 Å². The predicted octanol–water partition coefficient (Wildman–Crippen LogP) is 3.35. The molecule has 0 aliphatic rings. The molecule has 2 aromatic carbocycles. The van der Waals surface area contributed by atoms with Crippen molar-refractivity contribution in [2.75, 3.05) is 14.2 Å². The molecule has 150 valence electrons. The quantitative estimate of drug-likeness (QED) is 0.624. The van der Waals surface area contributed by atoms with Gasteiger partial charge in [0.2, 0.25) is 0 Å². The third-order valence-electron chi connectivity index (χ3n) is 4.03. The van der Waals surface area contributed by atoms with Crippen LogP contribution in [0.25, 0.3) is 10.6 Å². The zero-order valence-corrected chi connectivity index (χ0v) is 16.7. The summed E-state index contributed by atoms with van der Waals surface area (Å²) >= 11 is 1.15. The summed E-state index contributed by atoms with van der Waals surface area (Å²) in [5, 5.41) is 0.582. The van der Waals surface area contributed by atoms with Gasteiger partial charge < -0.3 is 9.47 Å². The number of nitrogens with one attached hydrogen (secondary N) is 2. The first-order chi connectivity index (χ1) is 13.9. The number of aryl methyl sites for hydroxylation is 1. The Labute approximate surface area is 170 Å². The maximum absolute atomic E-state index is 13.1. The number of aromatic nitrogens is 1.